The number of pyridine rings is 1. The minimum atomic E-state index is 0.486. The van der Waals surface area contributed by atoms with Crippen LogP contribution in [-0.4, -0.2) is 15.1 Å². The molecule has 3 aromatic rings. The first-order chi connectivity index (χ1) is 8.83. The molecule has 0 amide bonds. The van der Waals surface area contributed by atoms with E-state index in [1.54, 1.807) is 12.4 Å². The van der Waals surface area contributed by atoms with E-state index >= 15 is 0 Å². The molecule has 0 spiro atoms. The average molecular weight is 237 g/mol. The summed E-state index contributed by atoms with van der Waals surface area (Å²) in [6.07, 6.45) is 3.41. The SMILES string of the molecule is Cc1cccc(-c2noc(-c3cccnc3)n2)c1. The van der Waals surface area contributed by atoms with Crippen LogP contribution in [0, 0.1) is 6.92 Å². The highest BCUT2D eigenvalue weighted by Gasteiger charge is 2.10. The molecule has 3 rings (SSSR count). The zero-order chi connectivity index (χ0) is 12.4. The smallest absolute Gasteiger partial charge is 0.259 e. The van der Waals surface area contributed by atoms with E-state index in [1.807, 2.05) is 43.3 Å². The van der Waals surface area contributed by atoms with Crippen LogP contribution in [0.1, 0.15) is 5.56 Å². The molecule has 2 heterocycles. The summed E-state index contributed by atoms with van der Waals surface area (Å²) in [5.41, 5.74) is 2.94. The molecule has 0 fully saturated rings. The van der Waals surface area contributed by atoms with E-state index in [2.05, 4.69) is 15.1 Å². The molecule has 0 N–H and O–H groups in total. The average Bonchev–Trinajstić information content (AvgIpc) is 2.89. The number of aromatic nitrogens is 3. The maximum Gasteiger partial charge on any atom is 0.259 e. The number of nitrogens with zero attached hydrogens (tertiary/aromatic N) is 3. The van der Waals surface area contributed by atoms with Crippen molar-refractivity contribution in [1.29, 1.82) is 0 Å². The summed E-state index contributed by atoms with van der Waals surface area (Å²) >= 11 is 0. The summed E-state index contributed by atoms with van der Waals surface area (Å²) in [4.78, 5) is 8.40. The van der Waals surface area contributed by atoms with E-state index in [1.165, 1.54) is 5.56 Å². The molecule has 4 heteroatoms. The second-order valence-corrected chi connectivity index (χ2v) is 4.03. The Morgan fingerprint density at radius 2 is 1.94 bits per heavy atom. The van der Waals surface area contributed by atoms with Gasteiger partial charge in [-0.05, 0) is 25.1 Å². The van der Waals surface area contributed by atoms with E-state index in [0.717, 1.165) is 11.1 Å². The lowest BCUT2D eigenvalue weighted by atomic mass is 10.1. The Bertz CT molecular complexity index is 662. The molecule has 0 atom stereocenters. The van der Waals surface area contributed by atoms with Crippen LogP contribution in [0.2, 0.25) is 0 Å². The molecule has 0 aliphatic rings. The Morgan fingerprint density at radius 3 is 2.72 bits per heavy atom. The zero-order valence-corrected chi connectivity index (χ0v) is 9.87. The highest BCUT2D eigenvalue weighted by atomic mass is 16.5. The van der Waals surface area contributed by atoms with Gasteiger partial charge in [0.2, 0.25) is 5.82 Å². The van der Waals surface area contributed by atoms with E-state index in [0.29, 0.717) is 11.7 Å². The maximum absolute atomic E-state index is 5.24. The first-order valence-corrected chi connectivity index (χ1v) is 5.64. The standard InChI is InChI=1S/C14H11N3O/c1-10-4-2-5-11(8-10)13-16-14(18-17-13)12-6-3-7-15-9-12/h2-9H,1H3. The number of benzene rings is 1. The van der Waals surface area contributed by atoms with E-state index in [-0.39, 0.29) is 0 Å². The highest BCUT2D eigenvalue weighted by Crippen LogP contribution is 2.21. The molecular formula is C14H11N3O. The largest absolute Gasteiger partial charge is 0.334 e. The third kappa shape index (κ3) is 2.00. The van der Waals surface area contributed by atoms with Gasteiger partial charge in [0.25, 0.3) is 5.89 Å². The molecule has 0 aliphatic heterocycles. The van der Waals surface area contributed by atoms with E-state index in [4.69, 9.17) is 4.52 Å². The lowest BCUT2D eigenvalue weighted by Gasteiger charge is -1.95. The zero-order valence-electron chi connectivity index (χ0n) is 9.87. The van der Waals surface area contributed by atoms with Crippen molar-refractivity contribution in [3.8, 4) is 22.8 Å². The fourth-order valence-electron chi connectivity index (χ4n) is 1.73. The lowest BCUT2D eigenvalue weighted by molar-refractivity contribution is 0.432. The Hall–Kier alpha value is -2.49. The van der Waals surface area contributed by atoms with Crippen molar-refractivity contribution in [1.82, 2.24) is 15.1 Å². The van der Waals surface area contributed by atoms with Crippen LogP contribution >= 0.6 is 0 Å². The Kier molecular flexibility index (Phi) is 2.61. The van der Waals surface area contributed by atoms with E-state index in [9.17, 15) is 0 Å². The van der Waals surface area contributed by atoms with Gasteiger partial charge in [-0.3, -0.25) is 4.98 Å². The highest BCUT2D eigenvalue weighted by molar-refractivity contribution is 5.59. The van der Waals surface area contributed by atoms with Crippen molar-refractivity contribution in [2.45, 2.75) is 6.92 Å². The molecular weight excluding hydrogens is 226 g/mol. The van der Waals surface area contributed by atoms with Crippen molar-refractivity contribution < 1.29 is 4.52 Å². The predicted molar refractivity (Wildman–Crippen MR) is 67.7 cm³/mol. The molecule has 88 valence electrons. The fraction of sp³-hybridized carbons (Fsp3) is 0.0714. The van der Waals surface area contributed by atoms with Crippen LogP contribution in [0.25, 0.3) is 22.8 Å². The number of hydrogen-bond acceptors (Lipinski definition) is 4. The molecule has 1 aromatic carbocycles. The summed E-state index contributed by atoms with van der Waals surface area (Å²) < 4.78 is 5.24. The van der Waals surface area contributed by atoms with Crippen molar-refractivity contribution in [3.05, 3.63) is 54.4 Å². The van der Waals surface area contributed by atoms with Crippen LogP contribution in [0.3, 0.4) is 0 Å². The van der Waals surface area contributed by atoms with Crippen LogP contribution in [-0.2, 0) is 0 Å². The van der Waals surface area contributed by atoms with E-state index < -0.39 is 0 Å². The molecule has 0 radical (unpaired) electrons. The molecule has 0 aliphatic carbocycles. The summed E-state index contributed by atoms with van der Waals surface area (Å²) in [7, 11) is 0. The summed E-state index contributed by atoms with van der Waals surface area (Å²) in [5, 5.41) is 3.99. The van der Waals surface area contributed by atoms with Gasteiger partial charge in [0, 0.05) is 18.0 Å². The van der Waals surface area contributed by atoms with Gasteiger partial charge in [-0.2, -0.15) is 4.98 Å². The van der Waals surface area contributed by atoms with Gasteiger partial charge in [0.1, 0.15) is 0 Å². The predicted octanol–water partition coefficient (Wildman–Crippen LogP) is 3.11. The van der Waals surface area contributed by atoms with Crippen molar-refractivity contribution >= 4 is 0 Å². The molecule has 2 aromatic heterocycles. The van der Waals surface area contributed by atoms with Gasteiger partial charge >= 0.3 is 0 Å². The summed E-state index contributed by atoms with van der Waals surface area (Å²) in [6.45, 7) is 2.03. The number of rotatable bonds is 2. The maximum atomic E-state index is 5.24. The van der Waals surface area contributed by atoms with Crippen molar-refractivity contribution in [3.63, 3.8) is 0 Å². The van der Waals surface area contributed by atoms with Crippen LogP contribution in [0.4, 0.5) is 0 Å². The normalized spacial score (nSPS) is 10.5. The van der Waals surface area contributed by atoms with Crippen LogP contribution in [0.5, 0.6) is 0 Å². The van der Waals surface area contributed by atoms with Gasteiger partial charge in [-0.15, -0.1) is 0 Å². The number of aryl methyl sites for hydroxylation is 1. The van der Waals surface area contributed by atoms with Crippen molar-refractivity contribution in [2.75, 3.05) is 0 Å². The summed E-state index contributed by atoms with van der Waals surface area (Å²) in [5.74, 6) is 1.08. The molecule has 0 saturated heterocycles. The first-order valence-electron chi connectivity index (χ1n) is 5.64. The Labute approximate surface area is 104 Å². The second-order valence-electron chi connectivity index (χ2n) is 4.03. The van der Waals surface area contributed by atoms with Gasteiger partial charge in [0.15, 0.2) is 0 Å². The van der Waals surface area contributed by atoms with Gasteiger partial charge in [0.05, 0.1) is 5.56 Å². The first kappa shape index (κ1) is 10.7. The van der Waals surface area contributed by atoms with Gasteiger partial charge < -0.3 is 4.52 Å². The fourth-order valence-corrected chi connectivity index (χ4v) is 1.73. The lowest BCUT2D eigenvalue weighted by Crippen LogP contribution is -1.82. The third-order valence-corrected chi connectivity index (χ3v) is 2.61. The topological polar surface area (TPSA) is 51.8 Å². The summed E-state index contributed by atoms with van der Waals surface area (Å²) in [6, 6.07) is 11.7. The van der Waals surface area contributed by atoms with Crippen molar-refractivity contribution in [2.24, 2.45) is 0 Å². The Morgan fingerprint density at radius 1 is 1.06 bits per heavy atom. The number of hydrogen-bond donors (Lipinski definition) is 0. The Balaban J connectivity index is 2.00. The quantitative estimate of drug-likeness (QED) is 0.687. The third-order valence-electron chi connectivity index (χ3n) is 2.61. The second kappa shape index (κ2) is 4.41. The molecule has 18 heavy (non-hydrogen) atoms. The molecule has 4 nitrogen and oxygen atoms in total. The minimum absolute atomic E-state index is 0.486. The van der Waals surface area contributed by atoms with Crippen LogP contribution < -0.4 is 0 Å². The molecule has 0 bridgehead atoms. The van der Waals surface area contributed by atoms with Crippen LogP contribution in [0.15, 0.2) is 53.3 Å². The molecule has 0 unspecified atom stereocenters. The minimum Gasteiger partial charge on any atom is -0.334 e. The van der Waals surface area contributed by atoms with Gasteiger partial charge in [-0.25, -0.2) is 0 Å². The van der Waals surface area contributed by atoms with Gasteiger partial charge in [-0.1, -0.05) is 28.9 Å². The molecule has 0 saturated carbocycles. The monoisotopic (exact) mass is 237 g/mol.